The van der Waals surface area contributed by atoms with Gasteiger partial charge in [-0.2, -0.15) is 5.10 Å². The summed E-state index contributed by atoms with van der Waals surface area (Å²) in [6, 6.07) is 12.6. The van der Waals surface area contributed by atoms with E-state index in [4.69, 9.17) is 0 Å². The molecule has 3 aromatic rings. The average molecular weight is 279 g/mol. The van der Waals surface area contributed by atoms with Crippen molar-refractivity contribution >= 4 is 5.69 Å². The summed E-state index contributed by atoms with van der Waals surface area (Å²) >= 11 is 0. The predicted molar refractivity (Wildman–Crippen MR) is 81.8 cm³/mol. The molecular weight excluding hydrogens is 262 g/mol. The van der Waals surface area contributed by atoms with Gasteiger partial charge in [-0.3, -0.25) is 4.98 Å². The number of benzene rings is 1. The van der Waals surface area contributed by atoms with Crippen LogP contribution in [0.15, 0.2) is 61.4 Å². The van der Waals surface area contributed by atoms with Gasteiger partial charge in [0.25, 0.3) is 0 Å². The maximum Gasteiger partial charge on any atom is 0.137 e. The molecule has 21 heavy (non-hydrogen) atoms. The minimum Gasteiger partial charge on any atom is -0.379 e. The highest BCUT2D eigenvalue weighted by Gasteiger charge is 2.05. The molecule has 106 valence electrons. The number of nitrogens with zero attached hydrogens (tertiary/aromatic N) is 4. The van der Waals surface area contributed by atoms with Crippen molar-refractivity contribution in [1.29, 1.82) is 0 Å². The first-order valence-electron chi connectivity index (χ1n) is 6.89. The summed E-state index contributed by atoms with van der Waals surface area (Å²) in [5.41, 5.74) is 3.50. The number of hydrogen-bond acceptors (Lipinski definition) is 4. The van der Waals surface area contributed by atoms with Gasteiger partial charge in [-0.15, -0.1) is 0 Å². The lowest BCUT2D eigenvalue weighted by Gasteiger charge is -2.16. The Bertz CT molecular complexity index is 679. The predicted octanol–water partition coefficient (Wildman–Crippen LogP) is 2.89. The fourth-order valence-electron chi connectivity index (χ4n) is 2.25. The third kappa shape index (κ3) is 3.45. The molecule has 0 aliphatic heterocycles. The second kappa shape index (κ2) is 6.17. The average Bonchev–Trinajstić information content (AvgIpc) is 3.01. The first-order chi connectivity index (χ1) is 10.3. The van der Waals surface area contributed by atoms with Gasteiger partial charge in [0.15, 0.2) is 0 Å². The van der Waals surface area contributed by atoms with E-state index in [1.54, 1.807) is 12.7 Å². The fourth-order valence-corrected chi connectivity index (χ4v) is 2.25. The van der Waals surface area contributed by atoms with Crippen LogP contribution in [-0.2, 0) is 6.54 Å². The highest BCUT2D eigenvalue weighted by Crippen LogP contribution is 2.19. The molecule has 3 rings (SSSR count). The van der Waals surface area contributed by atoms with E-state index in [2.05, 4.69) is 45.5 Å². The molecule has 0 bridgehead atoms. The van der Waals surface area contributed by atoms with Gasteiger partial charge in [-0.05, 0) is 42.3 Å². The molecule has 0 radical (unpaired) electrons. The molecule has 1 aromatic carbocycles. The van der Waals surface area contributed by atoms with E-state index < -0.39 is 0 Å². The van der Waals surface area contributed by atoms with E-state index in [9.17, 15) is 0 Å². The molecule has 0 fully saturated rings. The van der Waals surface area contributed by atoms with Crippen molar-refractivity contribution in [2.75, 3.05) is 5.32 Å². The number of hydrogen-bond donors (Lipinski definition) is 1. The smallest absolute Gasteiger partial charge is 0.137 e. The normalized spacial score (nSPS) is 12.0. The molecule has 1 unspecified atom stereocenters. The molecule has 0 aliphatic carbocycles. The lowest BCUT2D eigenvalue weighted by Crippen LogP contribution is -2.07. The molecule has 2 heterocycles. The molecule has 2 aromatic heterocycles. The Morgan fingerprint density at radius 2 is 2.00 bits per heavy atom. The Labute approximate surface area is 123 Å². The quantitative estimate of drug-likeness (QED) is 0.780. The lowest BCUT2D eigenvalue weighted by atomic mass is 10.1. The Morgan fingerprint density at radius 1 is 1.14 bits per heavy atom. The summed E-state index contributed by atoms with van der Waals surface area (Å²) in [6.45, 7) is 2.86. The summed E-state index contributed by atoms with van der Waals surface area (Å²) in [7, 11) is 0. The molecule has 0 saturated carbocycles. The summed E-state index contributed by atoms with van der Waals surface area (Å²) in [4.78, 5) is 8.01. The Morgan fingerprint density at radius 3 is 2.76 bits per heavy atom. The monoisotopic (exact) mass is 279 g/mol. The van der Waals surface area contributed by atoms with Crippen molar-refractivity contribution in [3.05, 3.63) is 72.6 Å². The standard InChI is InChI=1S/C16H17N5/c1-13(15-5-7-17-8-6-15)20-16-4-2-3-14(9-16)10-21-12-18-11-19-21/h2-9,11-13,20H,10H2,1H3. The van der Waals surface area contributed by atoms with Crippen LogP contribution < -0.4 is 5.32 Å². The number of pyridine rings is 1. The van der Waals surface area contributed by atoms with E-state index in [0.29, 0.717) is 0 Å². The zero-order valence-electron chi connectivity index (χ0n) is 11.8. The van der Waals surface area contributed by atoms with Crippen molar-refractivity contribution in [2.24, 2.45) is 0 Å². The van der Waals surface area contributed by atoms with Crippen LogP contribution in [-0.4, -0.2) is 19.7 Å². The highest BCUT2D eigenvalue weighted by molar-refractivity contribution is 5.47. The highest BCUT2D eigenvalue weighted by atomic mass is 15.3. The topological polar surface area (TPSA) is 55.6 Å². The molecule has 5 heteroatoms. The van der Waals surface area contributed by atoms with Crippen LogP contribution in [0.4, 0.5) is 5.69 Å². The summed E-state index contributed by atoms with van der Waals surface area (Å²) in [5.74, 6) is 0. The third-order valence-corrected chi connectivity index (χ3v) is 3.33. The van der Waals surface area contributed by atoms with E-state index in [0.717, 1.165) is 12.2 Å². The Kier molecular flexibility index (Phi) is 3.91. The Balaban J connectivity index is 1.71. The van der Waals surface area contributed by atoms with Crippen molar-refractivity contribution < 1.29 is 0 Å². The van der Waals surface area contributed by atoms with Crippen molar-refractivity contribution in [1.82, 2.24) is 19.7 Å². The molecular formula is C16H17N5. The third-order valence-electron chi connectivity index (χ3n) is 3.33. The van der Waals surface area contributed by atoms with Gasteiger partial charge in [0.05, 0.1) is 6.54 Å². The van der Waals surface area contributed by atoms with Crippen LogP contribution in [0.5, 0.6) is 0 Å². The second-order valence-corrected chi connectivity index (χ2v) is 4.94. The number of nitrogens with one attached hydrogen (secondary N) is 1. The number of anilines is 1. The minimum atomic E-state index is 0.231. The molecule has 0 spiro atoms. The van der Waals surface area contributed by atoms with Crippen LogP contribution >= 0.6 is 0 Å². The maximum absolute atomic E-state index is 4.13. The summed E-state index contributed by atoms with van der Waals surface area (Å²) < 4.78 is 1.81. The van der Waals surface area contributed by atoms with E-state index >= 15 is 0 Å². The van der Waals surface area contributed by atoms with Crippen LogP contribution in [0.25, 0.3) is 0 Å². The van der Waals surface area contributed by atoms with Gasteiger partial charge in [0.1, 0.15) is 12.7 Å². The van der Waals surface area contributed by atoms with Crippen molar-refractivity contribution in [3.63, 3.8) is 0 Å². The number of aromatic nitrogens is 4. The second-order valence-electron chi connectivity index (χ2n) is 4.94. The van der Waals surface area contributed by atoms with Gasteiger partial charge in [0, 0.05) is 24.1 Å². The molecule has 5 nitrogen and oxygen atoms in total. The largest absolute Gasteiger partial charge is 0.379 e. The molecule has 0 amide bonds. The van der Waals surface area contributed by atoms with Crippen LogP contribution in [0.1, 0.15) is 24.1 Å². The van der Waals surface area contributed by atoms with E-state index in [-0.39, 0.29) is 6.04 Å². The summed E-state index contributed by atoms with van der Waals surface area (Å²) in [6.07, 6.45) is 6.90. The molecule has 0 saturated heterocycles. The first-order valence-corrected chi connectivity index (χ1v) is 6.89. The van der Waals surface area contributed by atoms with E-state index in [1.807, 2.05) is 35.3 Å². The Hall–Kier alpha value is -2.69. The minimum absolute atomic E-state index is 0.231. The van der Waals surface area contributed by atoms with Gasteiger partial charge >= 0.3 is 0 Å². The first kappa shape index (κ1) is 13.3. The van der Waals surface area contributed by atoms with Crippen LogP contribution in [0.3, 0.4) is 0 Å². The van der Waals surface area contributed by atoms with Crippen LogP contribution in [0.2, 0.25) is 0 Å². The molecule has 0 aliphatic rings. The van der Waals surface area contributed by atoms with Crippen LogP contribution in [0, 0.1) is 0 Å². The lowest BCUT2D eigenvalue weighted by molar-refractivity contribution is 0.685. The van der Waals surface area contributed by atoms with Gasteiger partial charge in [-0.1, -0.05) is 12.1 Å². The number of rotatable bonds is 5. The maximum atomic E-state index is 4.13. The summed E-state index contributed by atoms with van der Waals surface area (Å²) in [5, 5.41) is 7.63. The molecule has 1 atom stereocenters. The zero-order valence-corrected chi connectivity index (χ0v) is 11.8. The fraction of sp³-hybridized carbons (Fsp3) is 0.188. The molecule has 1 N–H and O–H groups in total. The van der Waals surface area contributed by atoms with Crippen molar-refractivity contribution in [2.45, 2.75) is 19.5 Å². The van der Waals surface area contributed by atoms with Gasteiger partial charge < -0.3 is 5.32 Å². The van der Waals surface area contributed by atoms with Gasteiger partial charge in [-0.25, -0.2) is 9.67 Å². The van der Waals surface area contributed by atoms with Crippen molar-refractivity contribution in [3.8, 4) is 0 Å². The van der Waals surface area contributed by atoms with E-state index in [1.165, 1.54) is 11.1 Å². The van der Waals surface area contributed by atoms with Gasteiger partial charge in [0.2, 0.25) is 0 Å². The SMILES string of the molecule is CC(Nc1cccc(Cn2cncn2)c1)c1ccncc1. The zero-order chi connectivity index (χ0) is 14.5.